The lowest BCUT2D eigenvalue weighted by molar-refractivity contribution is -0.106. The Hall–Kier alpha value is -1.64. The molecule has 1 N–H and O–H groups in total. The van der Waals surface area contributed by atoms with Crippen LogP contribution in [-0.4, -0.2) is 31.2 Å². The maximum absolute atomic E-state index is 12.1. The lowest BCUT2D eigenvalue weighted by Gasteiger charge is -2.14. The van der Waals surface area contributed by atoms with Crippen LogP contribution in [0.5, 0.6) is 0 Å². The summed E-state index contributed by atoms with van der Waals surface area (Å²) in [5.41, 5.74) is 0.303. The number of carbonyl (C=O) groups excluding carboxylic acids is 1. The predicted octanol–water partition coefficient (Wildman–Crippen LogP) is 2.46. The van der Waals surface area contributed by atoms with Crippen molar-refractivity contribution in [3.63, 3.8) is 0 Å². The number of hydrogen-bond acceptors (Lipinski definition) is 4. The quantitative estimate of drug-likeness (QED) is 0.902. The summed E-state index contributed by atoms with van der Waals surface area (Å²) in [6, 6.07) is 3.16. The second-order valence-electron chi connectivity index (χ2n) is 4.56. The summed E-state index contributed by atoms with van der Waals surface area (Å²) in [7, 11) is -4.80. The molecule has 1 heterocycles. The molecule has 0 spiro atoms. The van der Waals surface area contributed by atoms with Crippen molar-refractivity contribution in [2.24, 2.45) is 0 Å². The number of nitrogens with one attached hydrogen (secondary N) is 1. The Morgan fingerprint density at radius 2 is 2.10 bits per heavy atom. The predicted molar refractivity (Wildman–Crippen MR) is 72.4 cm³/mol. The van der Waals surface area contributed by atoms with Gasteiger partial charge in [0.2, 0.25) is 10.0 Å². The number of halogens is 3. The normalized spacial score (nSPS) is 13.8. The van der Waals surface area contributed by atoms with Gasteiger partial charge in [0.25, 0.3) is 5.91 Å². The minimum absolute atomic E-state index is 0. The highest BCUT2D eigenvalue weighted by atomic mass is 32.2. The third kappa shape index (κ3) is 5.33. The van der Waals surface area contributed by atoms with Crippen molar-refractivity contribution in [2.75, 3.05) is 5.75 Å². The van der Waals surface area contributed by atoms with Crippen molar-refractivity contribution in [3.8, 4) is 0 Å². The van der Waals surface area contributed by atoms with Crippen LogP contribution in [0.15, 0.2) is 18.3 Å². The number of alkyl halides is 3. The third-order valence-electron chi connectivity index (χ3n) is 2.80. The van der Waals surface area contributed by atoms with E-state index in [0.717, 1.165) is 0 Å². The molecule has 1 amide bonds. The van der Waals surface area contributed by atoms with Gasteiger partial charge in [-0.05, 0) is 24.0 Å². The molecule has 9 heteroatoms. The van der Waals surface area contributed by atoms with Gasteiger partial charge in [-0.1, -0.05) is 19.9 Å². The molecule has 0 aromatic carbocycles. The average Bonchev–Trinajstić information content (AvgIpc) is 2.34. The van der Waals surface area contributed by atoms with E-state index in [0.29, 0.717) is 12.0 Å². The van der Waals surface area contributed by atoms with Crippen LogP contribution in [0.2, 0.25) is 0 Å². The van der Waals surface area contributed by atoms with E-state index in [4.69, 9.17) is 0 Å². The molecule has 1 aromatic heterocycles. The van der Waals surface area contributed by atoms with Gasteiger partial charge in [0, 0.05) is 7.62 Å². The molecule has 0 bridgehead atoms. The van der Waals surface area contributed by atoms with E-state index >= 15 is 0 Å². The van der Waals surface area contributed by atoms with Crippen molar-refractivity contribution in [3.05, 3.63) is 29.6 Å². The van der Waals surface area contributed by atoms with Crippen LogP contribution in [0.3, 0.4) is 0 Å². The number of nitrogens with zero attached hydrogens (tertiary/aromatic N) is 1. The molecule has 0 radical (unpaired) electrons. The summed E-state index contributed by atoms with van der Waals surface area (Å²) in [5.74, 6) is -3.35. The van der Waals surface area contributed by atoms with E-state index in [2.05, 4.69) is 4.98 Å². The van der Waals surface area contributed by atoms with Crippen molar-refractivity contribution in [2.45, 2.75) is 32.4 Å². The first-order valence-electron chi connectivity index (χ1n) is 6.12. The highest BCUT2D eigenvalue weighted by Crippen LogP contribution is 2.21. The molecule has 1 unspecified atom stereocenters. The second-order valence-corrected chi connectivity index (χ2v) is 6.28. The maximum atomic E-state index is 12.1. The summed E-state index contributed by atoms with van der Waals surface area (Å²) < 4.78 is 60.4. The number of carbonyl (C=O) groups is 1. The lowest BCUT2D eigenvalue weighted by Crippen LogP contribution is -2.38. The number of amides is 1. The van der Waals surface area contributed by atoms with Gasteiger partial charge in [0.05, 0.1) is 0 Å². The number of rotatable bonds is 5. The van der Waals surface area contributed by atoms with Gasteiger partial charge >= 0.3 is 6.18 Å². The van der Waals surface area contributed by atoms with E-state index in [1.54, 1.807) is 19.1 Å². The third-order valence-corrected chi connectivity index (χ3v) is 4.00. The Balaban J connectivity index is 0.00000441. The van der Waals surface area contributed by atoms with Crippen molar-refractivity contribution in [1.29, 1.82) is 0 Å². The summed E-state index contributed by atoms with van der Waals surface area (Å²) in [5, 5.41) is 0. The monoisotopic (exact) mass is 326 g/mol. The van der Waals surface area contributed by atoms with Crippen LogP contribution in [-0.2, 0) is 10.0 Å². The molecule has 0 saturated carbocycles. The lowest BCUT2D eigenvalue weighted by atomic mass is 9.97. The summed E-state index contributed by atoms with van der Waals surface area (Å²) in [6.45, 7) is 3.66. The Morgan fingerprint density at radius 1 is 1.48 bits per heavy atom. The average molecular weight is 326 g/mol. The van der Waals surface area contributed by atoms with Gasteiger partial charge < -0.3 is 0 Å². The SMILES string of the molecule is CCC(C)c1cccnc1C(=O)NS(=O)(=O)CC(F)(F)F.[HH]. The topological polar surface area (TPSA) is 76.1 Å². The smallest absolute Gasteiger partial charge is 0.266 e. The first kappa shape index (κ1) is 17.4. The highest BCUT2D eigenvalue weighted by Gasteiger charge is 2.36. The van der Waals surface area contributed by atoms with Crippen LogP contribution < -0.4 is 4.72 Å². The number of hydrogen-bond donors (Lipinski definition) is 1. The van der Waals surface area contributed by atoms with Crippen LogP contribution >= 0.6 is 0 Å². The first-order chi connectivity index (χ1) is 9.56. The number of pyridine rings is 1. The zero-order valence-electron chi connectivity index (χ0n) is 11.4. The van der Waals surface area contributed by atoms with E-state index in [1.807, 2.05) is 6.92 Å². The highest BCUT2D eigenvalue weighted by molar-refractivity contribution is 7.90. The molecule has 0 saturated heterocycles. The molecular formula is C12H17F3N2O3S. The van der Waals surface area contributed by atoms with E-state index in [9.17, 15) is 26.4 Å². The van der Waals surface area contributed by atoms with Crippen LogP contribution in [0.4, 0.5) is 13.2 Å². The van der Waals surface area contributed by atoms with Gasteiger partial charge in [-0.3, -0.25) is 9.78 Å². The standard InChI is InChI=1S/C12H15F3N2O3S.H2/c1-3-8(2)9-5-4-6-16-10(9)11(18)17-21(19,20)7-12(13,14)15;/h4-6,8H,3,7H2,1-2H3,(H,17,18);1H. The molecule has 0 aliphatic rings. The summed E-state index contributed by atoms with van der Waals surface area (Å²) in [4.78, 5) is 15.6. The molecule has 1 aromatic rings. The van der Waals surface area contributed by atoms with Crippen LogP contribution in [0.25, 0.3) is 0 Å². The van der Waals surface area contributed by atoms with Gasteiger partial charge in [0.15, 0.2) is 5.75 Å². The van der Waals surface area contributed by atoms with Crippen molar-refractivity contribution < 1.29 is 27.8 Å². The molecule has 1 atom stereocenters. The second kappa shape index (κ2) is 6.42. The summed E-state index contributed by atoms with van der Waals surface area (Å²) >= 11 is 0. The van der Waals surface area contributed by atoms with Crippen molar-refractivity contribution >= 4 is 15.9 Å². The fraction of sp³-hybridized carbons (Fsp3) is 0.500. The summed E-state index contributed by atoms with van der Waals surface area (Å²) in [6.07, 6.45) is -2.98. The zero-order chi connectivity index (χ0) is 16.3. The number of aromatic nitrogens is 1. The largest absolute Gasteiger partial charge is 0.404 e. The fourth-order valence-corrected chi connectivity index (χ4v) is 2.55. The van der Waals surface area contributed by atoms with Crippen LogP contribution in [0.1, 0.15) is 43.7 Å². The molecule has 0 aliphatic heterocycles. The minimum atomic E-state index is -4.92. The van der Waals surface area contributed by atoms with Gasteiger partial charge in [-0.25, -0.2) is 13.1 Å². The Labute approximate surface area is 122 Å². The molecule has 0 aliphatic carbocycles. The van der Waals surface area contributed by atoms with E-state index in [1.165, 1.54) is 10.9 Å². The first-order valence-corrected chi connectivity index (χ1v) is 7.77. The fourth-order valence-electron chi connectivity index (χ4n) is 1.67. The Morgan fingerprint density at radius 3 is 2.62 bits per heavy atom. The molecule has 5 nitrogen and oxygen atoms in total. The van der Waals surface area contributed by atoms with E-state index < -0.39 is 27.9 Å². The van der Waals surface area contributed by atoms with Gasteiger partial charge in [-0.15, -0.1) is 0 Å². The minimum Gasteiger partial charge on any atom is -0.266 e. The molecule has 1 rings (SSSR count). The number of sulfonamides is 1. The molecule has 21 heavy (non-hydrogen) atoms. The molecule has 0 fully saturated rings. The molecule has 120 valence electrons. The maximum Gasteiger partial charge on any atom is 0.404 e. The Bertz CT molecular complexity index is 620. The van der Waals surface area contributed by atoms with Gasteiger partial charge in [-0.2, -0.15) is 13.2 Å². The van der Waals surface area contributed by atoms with E-state index in [-0.39, 0.29) is 13.0 Å². The van der Waals surface area contributed by atoms with Gasteiger partial charge in [0.1, 0.15) is 5.69 Å². The zero-order valence-corrected chi connectivity index (χ0v) is 12.3. The van der Waals surface area contributed by atoms with Crippen molar-refractivity contribution in [1.82, 2.24) is 9.71 Å². The Kier molecular flexibility index (Phi) is 5.32. The molecular weight excluding hydrogens is 309 g/mol. The van der Waals surface area contributed by atoms with Crippen LogP contribution in [0, 0.1) is 0 Å².